The maximum absolute atomic E-state index is 12.0. The molecule has 0 bridgehead atoms. The van der Waals surface area contributed by atoms with Crippen LogP contribution in [0.5, 0.6) is 0 Å². The number of carbonyl (C=O) groups is 1. The van der Waals surface area contributed by atoms with Gasteiger partial charge in [-0.2, -0.15) is 0 Å². The van der Waals surface area contributed by atoms with E-state index in [0.29, 0.717) is 26.6 Å². The Morgan fingerprint density at radius 3 is 3.04 bits per heavy atom. The summed E-state index contributed by atoms with van der Waals surface area (Å²) in [6.07, 6.45) is 3.23. The Bertz CT molecular complexity index is 835. The molecule has 0 aliphatic heterocycles. The van der Waals surface area contributed by atoms with Crippen LogP contribution in [0.3, 0.4) is 0 Å². The average Bonchev–Trinajstić information content (AvgIpc) is 3.14. The molecular weight excluding hydrogens is 359 g/mol. The van der Waals surface area contributed by atoms with E-state index in [0.717, 1.165) is 0 Å². The number of nitrogens with zero attached hydrogens (tertiary/aromatic N) is 3. The lowest BCUT2D eigenvalue weighted by molar-refractivity contribution is -0.119. The molecular formula is C14H12Cl2N4O2S. The molecule has 0 saturated heterocycles. The molecule has 1 atom stereocenters. The lowest BCUT2D eigenvalue weighted by Gasteiger charge is -2.10. The number of carbonyl (C=O) groups excluding carboxylic acids is 1. The minimum absolute atomic E-state index is 0.135. The van der Waals surface area contributed by atoms with Crippen molar-refractivity contribution in [2.75, 3.05) is 5.75 Å². The molecule has 0 saturated carbocycles. The summed E-state index contributed by atoms with van der Waals surface area (Å²) >= 11 is 13.3. The Balaban J connectivity index is 1.65. The number of thioether (sulfide) groups is 1. The van der Waals surface area contributed by atoms with E-state index < -0.39 is 0 Å². The van der Waals surface area contributed by atoms with E-state index in [1.165, 1.54) is 11.8 Å². The number of fused-ring (bicyclic) bond motifs is 1. The van der Waals surface area contributed by atoms with Crippen LogP contribution < -0.4 is 5.32 Å². The molecule has 0 radical (unpaired) electrons. The zero-order chi connectivity index (χ0) is 16.4. The molecule has 23 heavy (non-hydrogen) atoms. The molecule has 120 valence electrons. The monoisotopic (exact) mass is 370 g/mol. The van der Waals surface area contributed by atoms with Gasteiger partial charge < -0.3 is 9.73 Å². The fourth-order valence-electron chi connectivity index (χ4n) is 2.02. The fourth-order valence-corrected chi connectivity index (χ4v) is 3.25. The van der Waals surface area contributed by atoms with Crippen LogP contribution in [-0.2, 0) is 4.79 Å². The molecule has 3 aromatic heterocycles. The van der Waals surface area contributed by atoms with E-state index >= 15 is 0 Å². The molecule has 0 aromatic carbocycles. The molecule has 0 unspecified atom stereocenters. The number of aromatic nitrogens is 3. The number of rotatable bonds is 5. The second-order valence-corrected chi connectivity index (χ2v) is 6.56. The average molecular weight is 371 g/mol. The number of halogens is 2. The summed E-state index contributed by atoms with van der Waals surface area (Å²) < 4.78 is 6.92. The predicted molar refractivity (Wildman–Crippen MR) is 89.0 cm³/mol. The molecule has 0 spiro atoms. The number of hydrogen-bond acceptors (Lipinski definition) is 5. The molecule has 1 amide bonds. The van der Waals surface area contributed by atoms with Crippen molar-refractivity contribution in [1.82, 2.24) is 19.9 Å². The van der Waals surface area contributed by atoms with E-state index in [9.17, 15) is 4.79 Å². The summed E-state index contributed by atoms with van der Waals surface area (Å²) in [5.74, 6) is 0.759. The molecule has 3 rings (SSSR count). The summed E-state index contributed by atoms with van der Waals surface area (Å²) in [5.41, 5.74) is 0.503. The maximum Gasteiger partial charge on any atom is 0.231 e. The van der Waals surface area contributed by atoms with Crippen molar-refractivity contribution in [3.05, 3.63) is 46.5 Å². The van der Waals surface area contributed by atoms with Gasteiger partial charge >= 0.3 is 0 Å². The summed E-state index contributed by atoms with van der Waals surface area (Å²) in [4.78, 5) is 12.0. The molecule has 6 nitrogen and oxygen atoms in total. The highest BCUT2D eigenvalue weighted by atomic mass is 35.5. The molecule has 3 aromatic rings. The second kappa shape index (κ2) is 6.82. The van der Waals surface area contributed by atoms with Gasteiger partial charge in [-0.15, -0.1) is 10.2 Å². The van der Waals surface area contributed by atoms with Crippen molar-refractivity contribution < 1.29 is 9.21 Å². The highest BCUT2D eigenvalue weighted by Gasteiger charge is 2.15. The Labute approximate surface area is 146 Å². The van der Waals surface area contributed by atoms with Crippen LogP contribution in [0.1, 0.15) is 18.7 Å². The van der Waals surface area contributed by atoms with Crippen molar-refractivity contribution in [2.24, 2.45) is 0 Å². The van der Waals surface area contributed by atoms with E-state index in [-0.39, 0.29) is 17.7 Å². The number of hydrogen-bond donors (Lipinski definition) is 1. The largest absolute Gasteiger partial charge is 0.467 e. The first-order valence-electron chi connectivity index (χ1n) is 6.70. The molecule has 0 fully saturated rings. The summed E-state index contributed by atoms with van der Waals surface area (Å²) in [6, 6.07) is 4.99. The third-order valence-electron chi connectivity index (χ3n) is 3.08. The van der Waals surface area contributed by atoms with Gasteiger partial charge in [-0.25, -0.2) is 0 Å². The summed E-state index contributed by atoms with van der Waals surface area (Å²) in [5, 5.41) is 12.3. The molecule has 3 heterocycles. The van der Waals surface area contributed by atoms with Crippen LogP contribution in [0.15, 0.2) is 40.2 Å². The Morgan fingerprint density at radius 2 is 2.30 bits per heavy atom. The van der Waals surface area contributed by atoms with E-state index in [1.54, 1.807) is 29.0 Å². The van der Waals surface area contributed by atoms with Crippen molar-refractivity contribution in [2.45, 2.75) is 18.1 Å². The van der Waals surface area contributed by atoms with Crippen LogP contribution in [-0.4, -0.2) is 26.3 Å². The summed E-state index contributed by atoms with van der Waals surface area (Å²) in [6.45, 7) is 1.85. The first kappa shape index (κ1) is 16.2. The van der Waals surface area contributed by atoms with Crippen molar-refractivity contribution in [1.29, 1.82) is 0 Å². The van der Waals surface area contributed by atoms with Gasteiger partial charge in [0.1, 0.15) is 5.76 Å². The third-order valence-corrected chi connectivity index (χ3v) is 4.50. The van der Waals surface area contributed by atoms with Gasteiger partial charge in [-0.3, -0.25) is 9.20 Å². The molecule has 1 N–H and O–H groups in total. The lowest BCUT2D eigenvalue weighted by atomic mass is 10.2. The molecule has 0 aliphatic carbocycles. The Kier molecular flexibility index (Phi) is 4.79. The number of nitrogens with one attached hydrogen (secondary N) is 1. The highest BCUT2D eigenvalue weighted by molar-refractivity contribution is 7.99. The van der Waals surface area contributed by atoms with Crippen LogP contribution in [0, 0.1) is 0 Å². The second-order valence-electron chi connectivity index (χ2n) is 4.78. The Morgan fingerprint density at radius 1 is 1.48 bits per heavy atom. The van der Waals surface area contributed by atoms with E-state index in [1.807, 2.05) is 13.0 Å². The quantitative estimate of drug-likeness (QED) is 0.694. The van der Waals surface area contributed by atoms with Gasteiger partial charge in [0.15, 0.2) is 10.8 Å². The van der Waals surface area contributed by atoms with Crippen molar-refractivity contribution in [3.63, 3.8) is 0 Å². The fraction of sp³-hybridized carbons (Fsp3) is 0.214. The van der Waals surface area contributed by atoms with Crippen LogP contribution in [0.4, 0.5) is 0 Å². The molecule has 0 aliphatic rings. The number of pyridine rings is 1. The van der Waals surface area contributed by atoms with E-state index in [2.05, 4.69) is 15.5 Å². The number of furan rings is 1. The third kappa shape index (κ3) is 3.63. The zero-order valence-electron chi connectivity index (χ0n) is 12.0. The van der Waals surface area contributed by atoms with Crippen LogP contribution >= 0.6 is 35.0 Å². The lowest BCUT2D eigenvalue weighted by Crippen LogP contribution is -2.28. The topological polar surface area (TPSA) is 72.4 Å². The SMILES string of the molecule is C[C@@H](NC(=O)CSc1nnc2c(Cl)cc(Cl)cn12)c1ccco1. The van der Waals surface area contributed by atoms with Gasteiger partial charge in [0.2, 0.25) is 5.91 Å². The first-order chi connectivity index (χ1) is 11.0. The maximum atomic E-state index is 12.0. The zero-order valence-corrected chi connectivity index (χ0v) is 14.3. The minimum atomic E-state index is -0.197. The summed E-state index contributed by atoms with van der Waals surface area (Å²) in [7, 11) is 0. The number of amides is 1. The predicted octanol–water partition coefficient (Wildman–Crippen LogP) is 3.60. The van der Waals surface area contributed by atoms with Crippen molar-refractivity contribution in [3.8, 4) is 0 Å². The normalized spacial score (nSPS) is 12.5. The van der Waals surface area contributed by atoms with E-state index in [4.69, 9.17) is 27.6 Å². The molecule has 9 heteroatoms. The van der Waals surface area contributed by atoms with Crippen molar-refractivity contribution >= 4 is 46.5 Å². The van der Waals surface area contributed by atoms with Crippen LogP contribution in [0.25, 0.3) is 5.65 Å². The van der Waals surface area contributed by atoms with Crippen LogP contribution in [0.2, 0.25) is 10.0 Å². The first-order valence-corrected chi connectivity index (χ1v) is 8.44. The highest BCUT2D eigenvalue weighted by Crippen LogP contribution is 2.25. The smallest absolute Gasteiger partial charge is 0.231 e. The van der Waals surface area contributed by atoms with Gasteiger partial charge in [0, 0.05) is 6.20 Å². The van der Waals surface area contributed by atoms with Gasteiger partial charge in [0.05, 0.1) is 28.1 Å². The van der Waals surface area contributed by atoms with Gasteiger partial charge in [-0.05, 0) is 25.1 Å². The van der Waals surface area contributed by atoms with Gasteiger partial charge in [-0.1, -0.05) is 35.0 Å². The Hall–Kier alpha value is -1.70. The standard InChI is InChI=1S/C14H12Cl2N4O2S/c1-8(11-3-2-4-22-11)17-12(21)7-23-14-19-18-13-10(16)5-9(15)6-20(13)14/h2-6,8H,7H2,1H3,(H,17,21)/t8-/m1/s1. The minimum Gasteiger partial charge on any atom is -0.467 e. The van der Waals surface area contributed by atoms with Gasteiger partial charge in [0.25, 0.3) is 0 Å².